The average Bonchev–Trinajstić information content (AvgIpc) is 2.34. The molecule has 0 amide bonds. The van der Waals surface area contributed by atoms with E-state index in [0.29, 0.717) is 6.42 Å². The normalized spacial score (nSPS) is 14.7. The summed E-state index contributed by atoms with van der Waals surface area (Å²) >= 11 is 0. The van der Waals surface area contributed by atoms with E-state index in [1.807, 2.05) is 0 Å². The highest BCUT2D eigenvalue weighted by atomic mass is 32.2. The summed E-state index contributed by atoms with van der Waals surface area (Å²) in [6.07, 6.45) is 0.0435. The van der Waals surface area contributed by atoms with Crippen LogP contribution in [0.3, 0.4) is 0 Å². The molecule has 0 aliphatic heterocycles. The molecule has 7 nitrogen and oxygen atoms in total. The van der Waals surface area contributed by atoms with Crippen LogP contribution in [-0.4, -0.2) is 44.4 Å². The van der Waals surface area contributed by atoms with E-state index < -0.39 is 33.1 Å². The fourth-order valence-electron chi connectivity index (χ4n) is 1.14. The van der Waals surface area contributed by atoms with Gasteiger partial charge in [-0.3, -0.25) is 9.59 Å². The van der Waals surface area contributed by atoms with Crippen molar-refractivity contribution in [2.75, 3.05) is 18.9 Å². The summed E-state index contributed by atoms with van der Waals surface area (Å²) in [5.74, 6) is -2.07. The summed E-state index contributed by atoms with van der Waals surface area (Å²) < 4.78 is 30.1. The largest absolute Gasteiger partial charge is 0.481 e. The lowest BCUT2D eigenvalue weighted by Gasteiger charge is -2.23. The van der Waals surface area contributed by atoms with Gasteiger partial charge in [0.2, 0.25) is 10.0 Å². The van der Waals surface area contributed by atoms with Crippen molar-refractivity contribution in [2.24, 2.45) is 5.41 Å². The van der Waals surface area contributed by atoms with Crippen LogP contribution in [0.15, 0.2) is 0 Å². The van der Waals surface area contributed by atoms with Crippen molar-refractivity contribution in [1.82, 2.24) is 4.72 Å². The molecule has 0 spiro atoms. The standard InChI is InChI=1S/C11H21NO6S/c1-4-11(3,10(14)15)8-12-19(16,17)7-6-9(13)18-5-2/h12H,4-8H2,1-3H3,(H,14,15). The highest BCUT2D eigenvalue weighted by molar-refractivity contribution is 7.89. The second kappa shape index (κ2) is 7.44. The van der Waals surface area contributed by atoms with Crippen molar-refractivity contribution in [3.05, 3.63) is 0 Å². The minimum atomic E-state index is -3.69. The van der Waals surface area contributed by atoms with Crippen molar-refractivity contribution in [1.29, 1.82) is 0 Å². The van der Waals surface area contributed by atoms with Crippen LogP contribution in [0.1, 0.15) is 33.6 Å². The first-order valence-electron chi connectivity index (χ1n) is 6.03. The lowest BCUT2D eigenvalue weighted by molar-refractivity contribution is -0.147. The molecule has 0 aromatic heterocycles. The van der Waals surface area contributed by atoms with Crippen LogP contribution in [0, 0.1) is 5.41 Å². The maximum absolute atomic E-state index is 11.6. The number of aliphatic carboxylic acids is 1. The molecule has 2 N–H and O–H groups in total. The van der Waals surface area contributed by atoms with Crippen LogP contribution < -0.4 is 4.72 Å². The van der Waals surface area contributed by atoms with Crippen LogP contribution in [-0.2, 0) is 24.3 Å². The van der Waals surface area contributed by atoms with E-state index in [1.54, 1.807) is 13.8 Å². The number of sulfonamides is 1. The molecule has 0 rings (SSSR count). The lowest BCUT2D eigenvalue weighted by Crippen LogP contribution is -2.41. The van der Waals surface area contributed by atoms with Crippen molar-refractivity contribution in [3.63, 3.8) is 0 Å². The number of carboxylic acids is 1. The number of carbonyl (C=O) groups excluding carboxylic acids is 1. The minimum absolute atomic E-state index is 0.194. The molecule has 0 aromatic carbocycles. The number of ether oxygens (including phenoxy) is 1. The number of hydrogen-bond donors (Lipinski definition) is 2. The Bertz CT molecular complexity index is 419. The van der Waals surface area contributed by atoms with Gasteiger partial charge in [0.05, 0.1) is 24.2 Å². The zero-order chi connectivity index (χ0) is 15.1. The number of carboxylic acid groups (broad SMARTS) is 1. The van der Waals surface area contributed by atoms with Gasteiger partial charge in [-0.15, -0.1) is 0 Å². The Morgan fingerprint density at radius 2 is 1.89 bits per heavy atom. The van der Waals surface area contributed by atoms with Crippen molar-refractivity contribution < 1.29 is 27.9 Å². The third-order valence-electron chi connectivity index (χ3n) is 2.86. The van der Waals surface area contributed by atoms with E-state index in [2.05, 4.69) is 9.46 Å². The Hall–Kier alpha value is -1.15. The molecule has 0 heterocycles. The molecule has 8 heteroatoms. The van der Waals surface area contributed by atoms with Gasteiger partial charge in [0.15, 0.2) is 0 Å². The molecule has 0 saturated carbocycles. The highest BCUT2D eigenvalue weighted by Crippen LogP contribution is 2.20. The Morgan fingerprint density at radius 3 is 2.32 bits per heavy atom. The topological polar surface area (TPSA) is 110 Å². The van der Waals surface area contributed by atoms with E-state index in [9.17, 15) is 18.0 Å². The van der Waals surface area contributed by atoms with Crippen LogP contribution >= 0.6 is 0 Å². The Kier molecular flexibility index (Phi) is 6.99. The fourth-order valence-corrected chi connectivity index (χ4v) is 2.26. The minimum Gasteiger partial charge on any atom is -0.481 e. The number of nitrogens with one attached hydrogen (secondary N) is 1. The van der Waals surface area contributed by atoms with E-state index in [0.717, 1.165) is 0 Å². The summed E-state index contributed by atoms with van der Waals surface area (Å²) in [6.45, 7) is 4.75. The predicted molar refractivity (Wildman–Crippen MR) is 69.1 cm³/mol. The molecule has 0 aromatic rings. The van der Waals surface area contributed by atoms with E-state index in [-0.39, 0.29) is 19.6 Å². The summed E-state index contributed by atoms with van der Waals surface area (Å²) in [4.78, 5) is 22.1. The summed E-state index contributed by atoms with van der Waals surface area (Å²) in [6, 6.07) is 0. The first kappa shape index (κ1) is 17.8. The molecule has 0 fully saturated rings. The van der Waals surface area contributed by atoms with Crippen molar-refractivity contribution in [2.45, 2.75) is 33.6 Å². The van der Waals surface area contributed by atoms with Crippen LogP contribution in [0.25, 0.3) is 0 Å². The van der Waals surface area contributed by atoms with Crippen molar-refractivity contribution >= 4 is 22.0 Å². The highest BCUT2D eigenvalue weighted by Gasteiger charge is 2.32. The molecule has 1 atom stereocenters. The van der Waals surface area contributed by atoms with Gasteiger partial charge in [-0.2, -0.15) is 0 Å². The Morgan fingerprint density at radius 1 is 1.32 bits per heavy atom. The molecular formula is C11H21NO6S. The second-order valence-corrected chi connectivity index (χ2v) is 6.34. The van der Waals surface area contributed by atoms with Gasteiger partial charge in [0.25, 0.3) is 0 Å². The lowest BCUT2D eigenvalue weighted by atomic mass is 9.88. The zero-order valence-electron chi connectivity index (χ0n) is 11.4. The molecule has 112 valence electrons. The molecule has 0 radical (unpaired) electrons. The number of hydrogen-bond acceptors (Lipinski definition) is 5. The molecule has 19 heavy (non-hydrogen) atoms. The van der Waals surface area contributed by atoms with Crippen LogP contribution in [0.5, 0.6) is 0 Å². The van der Waals surface area contributed by atoms with Crippen LogP contribution in [0.2, 0.25) is 0 Å². The summed E-state index contributed by atoms with van der Waals surface area (Å²) in [5.41, 5.74) is -1.16. The molecule has 0 aliphatic carbocycles. The van der Waals surface area contributed by atoms with E-state index in [1.165, 1.54) is 6.92 Å². The molecule has 0 saturated heterocycles. The SMILES string of the molecule is CCOC(=O)CCS(=O)(=O)NCC(C)(CC)C(=O)O. The van der Waals surface area contributed by atoms with Gasteiger partial charge in [-0.05, 0) is 20.3 Å². The van der Waals surface area contributed by atoms with Crippen molar-refractivity contribution in [3.8, 4) is 0 Å². The molecule has 0 aliphatic rings. The van der Waals surface area contributed by atoms with Gasteiger partial charge < -0.3 is 9.84 Å². The number of rotatable bonds is 9. The van der Waals surface area contributed by atoms with E-state index in [4.69, 9.17) is 5.11 Å². The first-order chi connectivity index (χ1) is 8.67. The quantitative estimate of drug-likeness (QED) is 0.594. The van der Waals surface area contributed by atoms with Gasteiger partial charge in [0, 0.05) is 6.54 Å². The van der Waals surface area contributed by atoms with Gasteiger partial charge in [-0.25, -0.2) is 13.1 Å². The maximum atomic E-state index is 11.6. The Labute approximate surface area is 113 Å². The third-order valence-corrected chi connectivity index (χ3v) is 4.18. The average molecular weight is 295 g/mol. The van der Waals surface area contributed by atoms with E-state index >= 15 is 0 Å². The summed E-state index contributed by atoms with van der Waals surface area (Å²) in [5, 5.41) is 9.01. The zero-order valence-corrected chi connectivity index (χ0v) is 12.2. The molecule has 0 bridgehead atoms. The van der Waals surface area contributed by atoms with Gasteiger partial charge >= 0.3 is 11.9 Å². The monoisotopic (exact) mass is 295 g/mol. The second-order valence-electron chi connectivity index (χ2n) is 4.41. The fraction of sp³-hybridized carbons (Fsp3) is 0.818. The maximum Gasteiger partial charge on any atom is 0.310 e. The number of carbonyl (C=O) groups is 2. The van der Waals surface area contributed by atoms with Gasteiger partial charge in [-0.1, -0.05) is 6.92 Å². The summed E-state index contributed by atoms with van der Waals surface area (Å²) in [7, 11) is -3.69. The van der Waals surface area contributed by atoms with Gasteiger partial charge in [0.1, 0.15) is 0 Å². The first-order valence-corrected chi connectivity index (χ1v) is 7.68. The molecule has 1 unspecified atom stereocenters. The smallest absolute Gasteiger partial charge is 0.310 e. The predicted octanol–water partition coefficient (Wildman–Crippen LogP) is 0.360. The van der Waals surface area contributed by atoms with Crippen LogP contribution in [0.4, 0.5) is 0 Å². The number of esters is 1. The Balaban J connectivity index is 4.39. The third kappa shape index (κ3) is 6.53. The molecular weight excluding hydrogens is 274 g/mol.